The molecular weight excluding hydrogens is 238 g/mol. The van der Waals surface area contributed by atoms with Gasteiger partial charge in [0.05, 0.1) is 5.69 Å². The molecule has 4 nitrogen and oxygen atoms in total. The second kappa shape index (κ2) is 4.98. The molecule has 1 N–H and O–H groups in total. The standard InChI is InChI=1S/C12H10ClN3O/c13-9-3-5-10(6-4-9)15-16-11(7-14)12(17)8-1-2-8/h3-6,8,15H,1-2H2. The second-order valence-electron chi connectivity index (χ2n) is 3.83. The minimum absolute atomic E-state index is 0.000387. The van der Waals surface area contributed by atoms with Crippen molar-refractivity contribution in [3.05, 3.63) is 29.3 Å². The number of rotatable bonds is 4. The summed E-state index contributed by atoms with van der Waals surface area (Å²) in [5.74, 6) is -0.172. The quantitative estimate of drug-likeness (QED) is 0.657. The molecule has 0 radical (unpaired) electrons. The zero-order chi connectivity index (χ0) is 12.3. The summed E-state index contributed by atoms with van der Waals surface area (Å²) in [7, 11) is 0. The number of anilines is 1. The van der Waals surface area contributed by atoms with Crippen LogP contribution in [0.25, 0.3) is 0 Å². The van der Waals surface area contributed by atoms with E-state index in [0.29, 0.717) is 10.7 Å². The van der Waals surface area contributed by atoms with E-state index in [0.717, 1.165) is 12.8 Å². The molecule has 1 aromatic carbocycles. The SMILES string of the molecule is N#CC(=NNc1ccc(Cl)cc1)C(=O)C1CC1. The Hall–Kier alpha value is -1.86. The first-order chi connectivity index (χ1) is 8.20. The first kappa shape index (κ1) is 11.6. The number of carbonyl (C=O) groups is 1. The van der Waals surface area contributed by atoms with Crippen molar-refractivity contribution in [2.45, 2.75) is 12.8 Å². The molecule has 0 unspecified atom stereocenters. The van der Waals surface area contributed by atoms with E-state index in [2.05, 4.69) is 10.5 Å². The molecule has 0 aliphatic heterocycles. The van der Waals surface area contributed by atoms with Crippen molar-refractivity contribution in [2.24, 2.45) is 11.0 Å². The Balaban J connectivity index is 2.05. The minimum atomic E-state index is -0.172. The number of hydrogen-bond donors (Lipinski definition) is 1. The molecule has 1 aromatic rings. The first-order valence-corrected chi connectivity index (χ1v) is 5.62. The van der Waals surface area contributed by atoms with Crippen LogP contribution in [0, 0.1) is 17.2 Å². The molecule has 1 aliphatic rings. The third-order valence-electron chi connectivity index (χ3n) is 2.43. The summed E-state index contributed by atoms with van der Waals surface area (Å²) < 4.78 is 0. The summed E-state index contributed by atoms with van der Waals surface area (Å²) in [5, 5.41) is 13.3. The van der Waals surface area contributed by atoms with Crippen molar-refractivity contribution in [1.29, 1.82) is 5.26 Å². The molecule has 17 heavy (non-hydrogen) atoms. The topological polar surface area (TPSA) is 65.2 Å². The molecular formula is C12H10ClN3O. The highest BCUT2D eigenvalue weighted by Crippen LogP contribution is 2.30. The maximum absolute atomic E-state index is 11.6. The number of nitrogens with zero attached hydrogens (tertiary/aromatic N) is 2. The largest absolute Gasteiger partial charge is 0.291 e. The zero-order valence-corrected chi connectivity index (χ0v) is 9.74. The van der Waals surface area contributed by atoms with Gasteiger partial charge in [0, 0.05) is 10.9 Å². The number of nitriles is 1. The van der Waals surface area contributed by atoms with Crippen LogP contribution in [0.3, 0.4) is 0 Å². The van der Waals surface area contributed by atoms with Crippen molar-refractivity contribution in [1.82, 2.24) is 0 Å². The van der Waals surface area contributed by atoms with Gasteiger partial charge < -0.3 is 0 Å². The molecule has 86 valence electrons. The number of hydrogen-bond acceptors (Lipinski definition) is 4. The molecule has 0 atom stereocenters. The van der Waals surface area contributed by atoms with Gasteiger partial charge in [0.2, 0.25) is 5.71 Å². The van der Waals surface area contributed by atoms with Gasteiger partial charge in [0.1, 0.15) is 6.07 Å². The van der Waals surface area contributed by atoms with Crippen molar-refractivity contribution in [3.63, 3.8) is 0 Å². The number of carbonyl (C=O) groups excluding carboxylic acids is 1. The van der Waals surface area contributed by atoms with Crippen LogP contribution in [0.5, 0.6) is 0 Å². The fraction of sp³-hybridized carbons (Fsp3) is 0.250. The lowest BCUT2D eigenvalue weighted by molar-refractivity contribution is -0.113. The van der Waals surface area contributed by atoms with Gasteiger partial charge in [0.15, 0.2) is 5.78 Å². The second-order valence-corrected chi connectivity index (χ2v) is 4.27. The van der Waals surface area contributed by atoms with Crippen molar-refractivity contribution in [3.8, 4) is 6.07 Å². The molecule has 1 fully saturated rings. The van der Waals surface area contributed by atoms with Crippen molar-refractivity contribution < 1.29 is 4.79 Å². The summed E-state index contributed by atoms with van der Waals surface area (Å²) in [4.78, 5) is 11.6. The molecule has 2 rings (SSSR count). The van der Waals surface area contributed by atoms with Gasteiger partial charge in [-0.3, -0.25) is 10.2 Å². The smallest absolute Gasteiger partial charge is 0.203 e. The predicted octanol–water partition coefficient (Wildman–Crippen LogP) is 2.61. The van der Waals surface area contributed by atoms with Gasteiger partial charge in [-0.25, -0.2) is 0 Å². The molecule has 0 aromatic heterocycles. The Kier molecular flexibility index (Phi) is 3.40. The maximum atomic E-state index is 11.6. The Bertz CT molecular complexity index is 497. The number of ketones is 1. The van der Waals surface area contributed by atoms with Crippen LogP contribution in [-0.4, -0.2) is 11.5 Å². The molecule has 0 bridgehead atoms. The molecule has 0 spiro atoms. The fourth-order valence-electron chi connectivity index (χ4n) is 1.32. The lowest BCUT2D eigenvalue weighted by Crippen LogP contribution is -2.15. The summed E-state index contributed by atoms with van der Waals surface area (Å²) in [6, 6.07) is 8.67. The van der Waals surface area contributed by atoms with E-state index in [4.69, 9.17) is 16.9 Å². The molecule has 0 saturated heterocycles. The van der Waals surface area contributed by atoms with Crippen LogP contribution in [0.1, 0.15) is 12.8 Å². The normalized spacial score (nSPS) is 15.2. The Morgan fingerprint density at radius 3 is 2.59 bits per heavy atom. The van der Waals surface area contributed by atoms with E-state index in [9.17, 15) is 4.79 Å². The van der Waals surface area contributed by atoms with Gasteiger partial charge in [-0.05, 0) is 37.1 Å². The van der Waals surface area contributed by atoms with Crippen LogP contribution in [-0.2, 0) is 4.79 Å². The van der Waals surface area contributed by atoms with E-state index < -0.39 is 0 Å². The summed E-state index contributed by atoms with van der Waals surface area (Å²) in [6.45, 7) is 0. The van der Waals surface area contributed by atoms with Gasteiger partial charge in [0.25, 0.3) is 0 Å². The van der Waals surface area contributed by atoms with E-state index in [1.54, 1.807) is 24.3 Å². The summed E-state index contributed by atoms with van der Waals surface area (Å²) >= 11 is 5.73. The Labute approximate surface area is 104 Å². The van der Waals surface area contributed by atoms with Crippen molar-refractivity contribution in [2.75, 3.05) is 5.43 Å². The average molecular weight is 248 g/mol. The highest BCUT2D eigenvalue weighted by Gasteiger charge is 2.32. The lowest BCUT2D eigenvalue weighted by atomic mass is 10.2. The van der Waals surface area contributed by atoms with Gasteiger partial charge >= 0.3 is 0 Å². The summed E-state index contributed by atoms with van der Waals surface area (Å²) in [5.41, 5.74) is 3.29. The third kappa shape index (κ3) is 3.05. The van der Waals surface area contributed by atoms with Gasteiger partial charge in [-0.1, -0.05) is 11.6 Å². The van der Waals surface area contributed by atoms with E-state index in [1.807, 2.05) is 6.07 Å². The van der Waals surface area contributed by atoms with Crippen molar-refractivity contribution >= 4 is 28.8 Å². The molecule has 0 heterocycles. The van der Waals surface area contributed by atoms with Gasteiger partial charge in [-0.2, -0.15) is 10.4 Å². The average Bonchev–Trinajstić information content (AvgIpc) is 3.16. The number of benzene rings is 1. The van der Waals surface area contributed by atoms with Crippen LogP contribution >= 0.6 is 11.6 Å². The highest BCUT2D eigenvalue weighted by atomic mass is 35.5. The zero-order valence-electron chi connectivity index (χ0n) is 8.98. The monoisotopic (exact) mass is 247 g/mol. The first-order valence-electron chi connectivity index (χ1n) is 5.24. The number of nitrogens with one attached hydrogen (secondary N) is 1. The fourth-order valence-corrected chi connectivity index (χ4v) is 1.44. The predicted molar refractivity (Wildman–Crippen MR) is 65.9 cm³/mol. The van der Waals surface area contributed by atoms with Crippen LogP contribution < -0.4 is 5.43 Å². The summed E-state index contributed by atoms with van der Waals surface area (Å²) in [6.07, 6.45) is 1.72. The number of halogens is 1. The highest BCUT2D eigenvalue weighted by molar-refractivity contribution is 6.47. The van der Waals surface area contributed by atoms with Crippen LogP contribution in [0.15, 0.2) is 29.4 Å². The Morgan fingerprint density at radius 2 is 2.06 bits per heavy atom. The van der Waals surface area contributed by atoms with E-state index >= 15 is 0 Å². The number of hydrazone groups is 1. The molecule has 1 aliphatic carbocycles. The molecule has 5 heteroatoms. The van der Waals surface area contributed by atoms with E-state index in [1.165, 1.54) is 0 Å². The number of Topliss-reactive ketones (excluding diaryl/α,β-unsaturated/α-hetero) is 1. The Morgan fingerprint density at radius 1 is 1.41 bits per heavy atom. The maximum Gasteiger partial charge on any atom is 0.203 e. The van der Waals surface area contributed by atoms with Crippen LogP contribution in [0.2, 0.25) is 5.02 Å². The minimum Gasteiger partial charge on any atom is -0.291 e. The van der Waals surface area contributed by atoms with Crippen LogP contribution in [0.4, 0.5) is 5.69 Å². The van der Waals surface area contributed by atoms with Gasteiger partial charge in [-0.15, -0.1) is 0 Å². The molecule has 0 amide bonds. The molecule has 1 saturated carbocycles. The third-order valence-corrected chi connectivity index (χ3v) is 2.68. The van der Waals surface area contributed by atoms with E-state index in [-0.39, 0.29) is 17.4 Å². The lowest BCUT2D eigenvalue weighted by Gasteiger charge is -2.00.